The second kappa shape index (κ2) is 10.8. The Morgan fingerprint density at radius 2 is 1.65 bits per heavy atom. The standard InChI is InChI=1S/C6H10O3.C4H6O2.C3H8O2/c1(5-3-8-5)7-2-6-4-9-6;1-3(2)4(5)6;1-3(5)2-4/h5-6H,1-4H2;1H2,2H3,(H,5,6);3-5H,2H2,1H3. The van der Waals surface area contributed by atoms with Crippen molar-refractivity contribution in [2.75, 3.05) is 33.0 Å². The van der Waals surface area contributed by atoms with E-state index in [-0.39, 0.29) is 12.2 Å². The SMILES string of the molecule is C(OCC1CO1)C1CO1.C=C(C)C(=O)O.CC(O)CO. The molecule has 2 heterocycles. The summed E-state index contributed by atoms with van der Waals surface area (Å²) in [7, 11) is 0. The fourth-order valence-electron chi connectivity index (χ4n) is 0.659. The molecule has 0 aliphatic carbocycles. The second-order valence-corrected chi connectivity index (χ2v) is 4.57. The van der Waals surface area contributed by atoms with Crippen LogP contribution in [0.3, 0.4) is 0 Å². The quantitative estimate of drug-likeness (QED) is 0.459. The Bertz CT molecular complexity index is 258. The molecule has 0 saturated carbocycles. The number of carbonyl (C=O) groups is 1. The molecule has 0 aromatic heterocycles. The molecule has 3 unspecified atom stereocenters. The number of aliphatic hydroxyl groups excluding tert-OH is 2. The fourth-order valence-corrected chi connectivity index (χ4v) is 0.659. The van der Waals surface area contributed by atoms with E-state index in [1.165, 1.54) is 13.8 Å². The zero-order chi connectivity index (χ0) is 15.5. The van der Waals surface area contributed by atoms with Gasteiger partial charge in [0.25, 0.3) is 0 Å². The van der Waals surface area contributed by atoms with E-state index in [2.05, 4.69) is 6.58 Å². The molecule has 2 saturated heterocycles. The van der Waals surface area contributed by atoms with Gasteiger partial charge in [-0.05, 0) is 13.8 Å². The van der Waals surface area contributed by atoms with Gasteiger partial charge < -0.3 is 29.5 Å². The highest BCUT2D eigenvalue weighted by atomic mass is 16.6. The number of carboxylic acid groups (broad SMARTS) is 1. The van der Waals surface area contributed by atoms with Crippen molar-refractivity contribution < 1.29 is 34.3 Å². The lowest BCUT2D eigenvalue weighted by Gasteiger charge is -1.95. The highest BCUT2D eigenvalue weighted by Crippen LogP contribution is 2.12. The van der Waals surface area contributed by atoms with Crippen LogP contribution in [0.4, 0.5) is 0 Å². The van der Waals surface area contributed by atoms with Crippen molar-refractivity contribution in [1.82, 2.24) is 0 Å². The van der Waals surface area contributed by atoms with Crippen LogP contribution in [-0.4, -0.2) is 72.6 Å². The molecular formula is C13H24O7. The van der Waals surface area contributed by atoms with Crippen molar-refractivity contribution in [3.05, 3.63) is 12.2 Å². The van der Waals surface area contributed by atoms with Gasteiger partial charge in [0.15, 0.2) is 0 Å². The lowest BCUT2D eigenvalue weighted by atomic mass is 10.4. The monoisotopic (exact) mass is 292 g/mol. The molecule has 0 aromatic rings. The van der Waals surface area contributed by atoms with Gasteiger partial charge in [-0.2, -0.15) is 0 Å². The zero-order valence-electron chi connectivity index (χ0n) is 11.9. The Hall–Kier alpha value is -0.990. The summed E-state index contributed by atoms with van der Waals surface area (Å²) in [6, 6.07) is 0. The van der Waals surface area contributed by atoms with Crippen LogP contribution >= 0.6 is 0 Å². The number of carboxylic acids is 1. The van der Waals surface area contributed by atoms with Crippen LogP contribution in [0.25, 0.3) is 0 Å². The van der Waals surface area contributed by atoms with Gasteiger partial charge >= 0.3 is 5.97 Å². The lowest BCUT2D eigenvalue weighted by Crippen LogP contribution is -2.06. The minimum Gasteiger partial charge on any atom is -0.478 e. The van der Waals surface area contributed by atoms with Crippen molar-refractivity contribution >= 4 is 5.97 Å². The number of aliphatic hydroxyl groups is 2. The third kappa shape index (κ3) is 15.1. The molecular weight excluding hydrogens is 268 g/mol. The van der Waals surface area contributed by atoms with Crippen molar-refractivity contribution in [2.45, 2.75) is 32.2 Å². The van der Waals surface area contributed by atoms with E-state index in [0.29, 0.717) is 12.2 Å². The molecule has 118 valence electrons. The predicted molar refractivity (Wildman–Crippen MR) is 71.5 cm³/mol. The second-order valence-electron chi connectivity index (χ2n) is 4.57. The van der Waals surface area contributed by atoms with Crippen molar-refractivity contribution in [3.63, 3.8) is 0 Å². The van der Waals surface area contributed by atoms with E-state index < -0.39 is 12.1 Å². The maximum atomic E-state index is 9.60. The summed E-state index contributed by atoms with van der Waals surface area (Å²) < 4.78 is 15.1. The average Bonchev–Trinajstić information content (AvgIpc) is 3.25. The Labute approximate surface area is 118 Å². The molecule has 0 bridgehead atoms. The van der Waals surface area contributed by atoms with E-state index in [1.807, 2.05) is 0 Å². The van der Waals surface area contributed by atoms with Gasteiger partial charge in [-0.25, -0.2) is 4.79 Å². The molecule has 3 N–H and O–H groups in total. The molecule has 0 aromatic carbocycles. The molecule has 3 atom stereocenters. The first-order chi connectivity index (χ1) is 9.36. The van der Waals surface area contributed by atoms with Gasteiger partial charge in [-0.1, -0.05) is 6.58 Å². The number of hydrogen-bond donors (Lipinski definition) is 3. The van der Waals surface area contributed by atoms with Crippen molar-refractivity contribution in [1.29, 1.82) is 0 Å². The lowest BCUT2D eigenvalue weighted by molar-refractivity contribution is -0.132. The number of rotatable bonds is 6. The molecule has 7 nitrogen and oxygen atoms in total. The van der Waals surface area contributed by atoms with Crippen molar-refractivity contribution in [3.8, 4) is 0 Å². The number of ether oxygens (including phenoxy) is 3. The van der Waals surface area contributed by atoms with E-state index in [1.54, 1.807) is 0 Å². The summed E-state index contributed by atoms with van der Waals surface area (Å²) in [5.74, 6) is -0.935. The largest absolute Gasteiger partial charge is 0.478 e. The first-order valence-corrected chi connectivity index (χ1v) is 6.35. The minimum absolute atomic E-state index is 0.139. The van der Waals surface area contributed by atoms with Crippen LogP contribution < -0.4 is 0 Å². The summed E-state index contributed by atoms with van der Waals surface area (Å²) in [5.41, 5.74) is 0.176. The Morgan fingerprint density at radius 3 is 1.80 bits per heavy atom. The van der Waals surface area contributed by atoms with E-state index in [9.17, 15) is 4.79 Å². The summed E-state index contributed by atoms with van der Waals surface area (Å²) in [6.07, 6.45) is 0.225. The molecule has 2 fully saturated rings. The zero-order valence-corrected chi connectivity index (χ0v) is 11.9. The van der Waals surface area contributed by atoms with Gasteiger partial charge in [0.2, 0.25) is 0 Å². The first-order valence-electron chi connectivity index (χ1n) is 6.35. The van der Waals surface area contributed by atoms with Gasteiger partial charge in [0.1, 0.15) is 12.2 Å². The molecule has 2 aliphatic rings. The number of hydrogen-bond acceptors (Lipinski definition) is 6. The van der Waals surface area contributed by atoms with Crippen LogP contribution in [0.15, 0.2) is 12.2 Å². The molecule has 20 heavy (non-hydrogen) atoms. The van der Waals surface area contributed by atoms with E-state index in [4.69, 9.17) is 29.5 Å². The highest BCUT2D eigenvalue weighted by molar-refractivity contribution is 5.84. The summed E-state index contributed by atoms with van der Waals surface area (Å²) in [4.78, 5) is 9.60. The summed E-state index contributed by atoms with van der Waals surface area (Å²) in [5, 5.41) is 23.9. The topological polar surface area (TPSA) is 112 Å². The third-order valence-electron chi connectivity index (χ3n) is 2.04. The fraction of sp³-hybridized carbons (Fsp3) is 0.769. The highest BCUT2D eigenvalue weighted by Gasteiger charge is 2.26. The molecule has 0 radical (unpaired) electrons. The van der Waals surface area contributed by atoms with Crippen LogP contribution in [0.1, 0.15) is 13.8 Å². The maximum Gasteiger partial charge on any atom is 0.330 e. The Morgan fingerprint density at radius 1 is 1.35 bits per heavy atom. The smallest absolute Gasteiger partial charge is 0.330 e. The molecule has 0 amide bonds. The maximum absolute atomic E-state index is 9.60. The molecule has 2 rings (SSSR count). The Kier molecular flexibility index (Phi) is 10.2. The Balaban J connectivity index is 0.000000291. The predicted octanol–water partition coefficient (Wildman–Crippen LogP) is -0.193. The van der Waals surface area contributed by atoms with E-state index >= 15 is 0 Å². The summed E-state index contributed by atoms with van der Waals surface area (Å²) >= 11 is 0. The molecule has 0 spiro atoms. The summed E-state index contributed by atoms with van der Waals surface area (Å²) in [6.45, 7) is 9.25. The van der Waals surface area contributed by atoms with E-state index in [0.717, 1.165) is 26.4 Å². The normalized spacial score (nSPS) is 23.4. The van der Waals surface area contributed by atoms with Gasteiger partial charge in [0, 0.05) is 5.57 Å². The number of epoxide rings is 2. The minimum atomic E-state index is -0.935. The van der Waals surface area contributed by atoms with Crippen LogP contribution in [0.2, 0.25) is 0 Å². The third-order valence-corrected chi connectivity index (χ3v) is 2.04. The molecule has 2 aliphatic heterocycles. The first kappa shape index (κ1) is 19.0. The van der Waals surface area contributed by atoms with Crippen LogP contribution in [0, 0.1) is 0 Å². The number of aliphatic carboxylic acids is 1. The van der Waals surface area contributed by atoms with Crippen LogP contribution in [-0.2, 0) is 19.0 Å². The molecule has 7 heteroatoms. The van der Waals surface area contributed by atoms with Gasteiger partial charge in [-0.15, -0.1) is 0 Å². The van der Waals surface area contributed by atoms with Crippen LogP contribution in [0.5, 0.6) is 0 Å². The van der Waals surface area contributed by atoms with Crippen molar-refractivity contribution in [2.24, 2.45) is 0 Å². The average molecular weight is 292 g/mol. The van der Waals surface area contributed by atoms with Gasteiger partial charge in [-0.3, -0.25) is 0 Å². The van der Waals surface area contributed by atoms with Gasteiger partial charge in [0.05, 0.1) is 39.1 Å².